The smallest absolute Gasteiger partial charge is 0.311 e. The summed E-state index contributed by atoms with van der Waals surface area (Å²) >= 11 is 27.0. The molecule has 78 valence electrons. The van der Waals surface area contributed by atoms with Gasteiger partial charge in [0.05, 0.1) is 5.92 Å². The molecule has 0 rings (SSSR count). The summed E-state index contributed by atoms with van der Waals surface area (Å²) in [4.78, 5) is 11.0. The zero-order valence-corrected chi connectivity index (χ0v) is 10.6. The summed E-state index contributed by atoms with van der Waals surface area (Å²) in [5, 5.41) is 0. The molecule has 0 radical (unpaired) electrons. The quantitative estimate of drug-likeness (QED) is 0.572. The van der Waals surface area contributed by atoms with Crippen LogP contribution in [0.5, 0.6) is 0 Å². The van der Waals surface area contributed by atoms with Crippen LogP contribution in [0.1, 0.15) is 13.8 Å². The molecule has 0 saturated carbocycles. The lowest BCUT2D eigenvalue weighted by Gasteiger charge is -2.27. The molecule has 0 aromatic carbocycles. The lowest BCUT2D eigenvalue weighted by molar-refractivity contribution is -0.151. The predicted octanol–water partition coefficient (Wildman–Crippen LogP) is 3.69. The predicted molar refractivity (Wildman–Crippen MR) is 55.7 cm³/mol. The highest BCUT2D eigenvalue weighted by Gasteiger charge is 2.50. The van der Waals surface area contributed by atoms with E-state index in [2.05, 4.69) is 4.74 Å². The second-order valence-electron chi connectivity index (χ2n) is 2.59. The summed E-state index contributed by atoms with van der Waals surface area (Å²) in [5.41, 5.74) is 0. The highest BCUT2D eigenvalue weighted by Crippen LogP contribution is 2.46. The molecule has 0 aliphatic carbocycles. The molecule has 0 spiro atoms. The number of hydrogen-bond donors (Lipinski definition) is 0. The zero-order chi connectivity index (χ0) is 10.9. The molecule has 0 atom stereocenters. The first kappa shape index (κ1) is 13.9. The fourth-order valence-corrected chi connectivity index (χ4v) is 0.570. The maximum Gasteiger partial charge on any atom is 0.311 e. The van der Waals surface area contributed by atoms with Gasteiger partial charge in [0.25, 0.3) is 3.79 Å². The van der Waals surface area contributed by atoms with Gasteiger partial charge in [-0.3, -0.25) is 4.79 Å². The molecule has 0 saturated heterocycles. The molecule has 0 aromatic rings. The van der Waals surface area contributed by atoms with Gasteiger partial charge in [-0.15, -0.1) is 0 Å². The van der Waals surface area contributed by atoms with E-state index < -0.39 is 20.2 Å². The van der Waals surface area contributed by atoms with Crippen LogP contribution >= 0.6 is 58.0 Å². The van der Waals surface area contributed by atoms with Crippen molar-refractivity contribution in [1.82, 2.24) is 0 Å². The number of carbonyl (C=O) groups excluding carboxylic acids is 1. The molecule has 0 heterocycles. The van der Waals surface area contributed by atoms with Crippen LogP contribution in [0.15, 0.2) is 0 Å². The molecule has 0 aromatic heterocycles. The van der Waals surface area contributed by atoms with Gasteiger partial charge in [-0.2, -0.15) is 0 Å². The normalized spacial score (nSPS) is 13.2. The Morgan fingerprint density at radius 3 is 1.77 bits per heavy atom. The molecule has 0 N–H and O–H groups in total. The van der Waals surface area contributed by atoms with Crippen LogP contribution < -0.4 is 0 Å². The molecule has 7 heteroatoms. The molecule has 0 amide bonds. The van der Waals surface area contributed by atoms with Crippen LogP contribution in [-0.2, 0) is 9.53 Å². The molecule has 0 aliphatic heterocycles. The van der Waals surface area contributed by atoms with Gasteiger partial charge in [0.2, 0.25) is 0 Å². The van der Waals surface area contributed by atoms with Crippen molar-refractivity contribution >= 4 is 64.0 Å². The molecule has 0 bridgehead atoms. The number of halogens is 5. The molecule has 2 nitrogen and oxygen atoms in total. The molecule has 0 unspecified atom stereocenters. The van der Waals surface area contributed by atoms with E-state index in [0.29, 0.717) is 0 Å². The van der Waals surface area contributed by atoms with Gasteiger partial charge in [0, 0.05) is 0 Å². The minimum absolute atomic E-state index is 0.399. The highest BCUT2D eigenvalue weighted by atomic mass is 35.6. The third kappa shape index (κ3) is 4.30. The van der Waals surface area contributed by atoms with Gasteiger partial charge in [-0.25, -0.2) is 0 Å². The monoisotopic (exact) mass is 286 g/mol. The standard InChI is InChI=1S/C6H7Cl5O2/c1-3(2)4(12)13-6(10,11)5(7,8)9/h3H,1-2H3. The van der Waals surface area contributed by atoms with Crippen LogP contribution in [0.2, 0.25) is 0 Å². The van der Waals surface area contributed by atoms with Gasteiger partial charge in [0.15, 0.2) is 0 Å². The summed E-state index contributed by atoms with van der Waals surface area (Å²) < 4.78 is 0.309. The van der Waals surface area contributed by atoms with E-state index in [0.717, 1.165) is 0 Å². The average molecular weight is 288 g/mol. The third-order valence-corrected chi connectivity index (χ3v) is 3.13. The summed E-state index contributed by atoms with van der Waals surface area (Å²) in [5.74, 6) is -1.04. The molecule has 0 fully saturated rings. The topological polar surface area (TPSA) is 26.3 Å². The van der Waals surface area contributed by atoms with E-state index in [1.165, 1.54) is 0 Å². The molecular formula is C6H7Cl5O2. The Labute approximate surface area is 101 Å². The summed E-state index contributed by atoms with van der Waals surface area (Å²) in [6.45, 7) is 3.20. The number of alkyl halides is 5. The summed E-state index contributed by atoms with van der Waals surface area (Å²) in [7, 11) is 0. The number of esters is 1. The van der Waals surface area contributed by atoms with E-state index in [9.17, 15) is 4.79 Å². The number of ether oxygens (including phenoxy) is 1. The lowest BCUT2D eigenvalue weighted by atomic mass is 10.2. The van der Waals surface area contributed by atoms with E-state index in [1.807, 2.05) is 0 Å². The summed E-state index contributed by atoms with van der Waals surface area (Å²) in [6, 6.07) is 0. The molecular weight excluding hydrogens is 281 g/mol. The van der Waals surface area contributed by atoms with Crippen molar-refractivity contribution in [3.05, 3.63) is 0 Å². The first-order chi connectivity index (χ1) is 5.58. The van der Waals surface area contributed by atoms with Crippen molar-refractivity contribution in [3.8, 4) is 0 Å². The van der Waals surface area contributed by atoms with Crippen LogP contribution in [-0.4, -0.2) is 14.3 Å². The van der Waals surface area contributed by atoms with Crippen LogP contribution in [0.25, 0.3) is 0 Å². The Kier molecular flexibility index (Phi) is 4.95. The molecule has 13 heavy (non-hydrogen) atoms. The third-order valence-electron chi connectivity index (χ3n) is 1.03. The van der Waals surface area contributed by atoms with Crippen molar-refractivity contribution < 1.29 is 9.53 Å². The van der Waals surface area contributed by atoms with Gasteiger partial charge in [-0.05, 0) is 0 Å². The molecule has 0 aliphatic rings. The Hall–Kier alpha value is 0.920. The van der Waals surface area contributed by atoms with E-state index in [-0.39, 0.29) is 0 Å². The number of carbonyl (C=O) groups is 1. The van der Waals surface area contributed by atoms with E-state index in [4.69, 9.17) is 58.0 Å². The van der Waals surface area contributed by atoms with Crippen LogP contribution in [0.3, 0.4) is 0 Å². The van der Waals surface area contributed by atoms with Gasteiger partial charge < -0.3 is 4.74 Å². The Balaban J connectivity index is 4.44. The first-order valence-corrected chi connectivity index (χ1v) is 5.14. The maximum atomic E-state index is 11.0. The maximum absolute atomic E-state index is 11.0. The van der Waals surface area contributed by atoms with Crippen molar-refractivity contribution in [2.24, 2.45) is 5.92 Å². The van der Waals surface area contributed by atoms with E-state index >= 15 is 0 Å². The average Bonchev–Trinajstić information content (AvgIpc) is 1.83. The second kappa shape index (κ2) is 4.63. The highest BCUT2D eigenvalue weighted by molar-refractivity contribution is 6.75. The minimum Gasteiger partial charge on any atom is -0.424 e. The summed E-state index contributed by atoms with van der Waals surface area (Å²) in [6.07, 6.45) is 0. The number of rotatable bonds is 2. The van der Waals surface area contributed by atoms with Gasteiger partial charge >= 0.3 is 10.5 Å². The minimum atomic E-state index is -2.17. The van der Waals surface area contributed by atoms with Crippen molar-refractivity contribution in [2.75, 3.05) is 0 Å². The van der Waals surface area contributed by atoms with Gasteiger partial charge in [-0.1, -0.05) is 71.9 Å². The fraction of sp³-hybridized carbons (Fsp3) is 0.833. The van der Waals surface area contributed by atoms with Gasteiger partial charge in [0.1, 0.15) is 0 Å². The van der Waals surface area contributed by atoms with Crippen molar-refractivity contribution in [3.63, 3.8) is 0 Å². The number of hydrogen-bond acceptors (Lipinski definition) is 2. The zero-order valence-electron chi connectivity index (χ0n) is 6.78. The lowest BCUT2D eigenvalue weighted by Crippen LogP contribution is -2.37. The first-order valence-electron chi connectivity index (χ1n) is 3.25. The Morgan fingerprint density at radius 2 is 1.54 bits per heavy atom. The van der Waals surface area contributed by atoms with E-state index in [1.54, 1.807) is 13.8 Å². The van der Waals surface area contributed by atoms with Crippen LogP contribution in [0.4, 0.5) is 0 Å². The SMILES string of the molecule is CC(C)C(=O)OC(Cl)(Cl)C(Cl)(Cl)Cl. The van der Waals surface area contributed by atoms with Crippen LogP contribution in [0, 0.1) is 5.92 Å². The van der Waals surface area contributed by atoms with Crippen molar-refractivity contribution in [1.29, 1.82) is 0 Å². The van der Waals surface area contributed by atoms with Crippen molar-refractivity contribution in [2.45, 2.75) is 22.2 Å². The fourth-order valence-electron chi connectivity index (χ4n) is 0.302. The Morgan fingerprint density at radius 1 is 1.15 bits per heavy atom. The largest absolute Gasteiger partial charge is 0.424 e. The second-order valence-corrected chi connectivity index (χ2v) is 6.13. The Bertz CT molecular complexity index is 196.